The van der Waals surface area contributed by atoms with Gasteiger partial charge >= 0.3 is 6.09 Å². The van der Waals surface area contributed by atoms with E-state index in [1.807, 2.05) is 6.07 Å². The van der Waals surface area contributed by atoms with E-state index in [-0.39, 0.29) is 15.2 Å². The number of hydrogen-bond acceptors (Lipinski definition) is 5. The molecule has 0 saturated heterocycles. The second-order valence-corrected chi connectivity index (χ2v) is 4.72. The van der Waals surface area contributed by atoms with Crippen LogP contribution in [0, 0.1) is 11.3 Å². The average Bonchev–Trinajstić information content (AvgIpc) is 2.71. The molecule has 0 fully saturated rings. The number of carbonyl (C=O) groups is 1. The fourth-order valence-corrected chi connectivity index (χ4v) is 2.24. The summed E-state index contributed by atoms with van der Waals surface area (Å²) in [5, 5.41) is 11.6. The Labute approximate surface area is 122 Å². The zero-order valence-electron chi connectivity index (χ0n) is 9.18. The van der Waals surface area contributed by atoms with Crippen molar-refractivity contribution < 1.29 is 9.53 Å². The number of benzene rings is 1. The molecule has 1 N–H and O–H groups in total. The average molecular weight is 314 g/mol. The van der Waals surface area contributed by atoms with E-state index in [4.69, 9.17) is 33.2 Å². The van der Waals surface area contributed by atoms with Crippen molar-refractivity contribution in [2.24, 2.45) is 0 Å². The second-order valence-electron chi connectivity index (χ2n) is 3.25. The summed E-state index contributed by atoms with van der Waals surface area (Å²) in [5.74, 6) is 0. The Bertz CT molecular complexity index is 666. The Balaban J connectivity index is 2.10. The highest BCUT2D eigenvalue weighted by Gasteiger charge is 2.15. The molecule has 2 rings (SSSR count). The number of para-hydroxylation sites is 1. The van der Waals surface area contributed by atoms with Gasteiger partial charge in [0, 0.05) is 11.5 Å². The molecule has 0 aliphatic carbocycles. The summed E-state index contributed by atoms with van der Waals surface area (Å²) < 4.78 is 8.68. The first-order valence-electron chi connectivity index (χ1n) is 4.90. The van der Waals surface area contributed by atoms with Crippen LogP contribution < -0.4 is 10.1 Å². The lowest BCUT2D eigenvalue weighted by Crippen LogP contribution is -2.17. The maximum absolute atomic E-state index is 11.6. The molecule has 1 amide bonds. The van der Waals surface area contributed by atoms with Crippen LogP contribution in [0.25, 0.3) is 0 Å². The van der Waals surface area contributed by atoms with Gasteiger partial charge in [-0.2, -0.15) is 9.64 Å². The standard InChI is InChI=1S/C11H5Cl2N3O2S/c12-8-9(13)16-19-10(8)18-11(17)15-7-4-2-1-3-6(7)5-14/h1-4H,(H,15,17). The van der Waals surface area contributed by atoms with Crippen LogP contribution in [0.1, 0.15) is 5.56 Å². The first-order valence-corrected chi connectivity index (χ1v) is 6.43. The molecule has 0 atom stereocenters. The van der Waals surface area contributed by atoms with Gasteiger partial charge in [-0.15, -0.1) is 0 Å². The van der Waals surface area contributed by atoms with Gasteiger partial charge in [0.15, 0.2) is 5.15 Å². The number of anilines is 1. The zero-order valence-corrected chi connectivity index (χ0v) is 11.5. The van der Waals surface area contributed by atoms with Crippen molar-refractivity contribution in [3.63, 3.8) is 0 Å². The molecule has 19 heavy (non-hydrogen) atoms. The van der Waals surface area contributed by atoms with Crippen LogP contribution in [0.4, 0.5) is 10.5 Å². The van der Waals surface area contributed by atoms with Gasteiger partial charge in [-0.1, -0.05) is 35.3 Å². The number of rotatable bonds is 2. The van der Waals surface area contributed by atoms with Crippen LogP contribution in [-0.4, -0.2) is 10.5 Å². The highest BCUT2D eigenvalue weighted by Crippen LogP contribution is 2.35. The van der Waals surface area contributed by atoms with Crippen molar-refractivity contribution in [2.45, 2.75) is 0 Å². The van der Waals surface area contributed by atoms with E-state index in [9.17, 15) is 4.79 Å². The van der Waals surface area contributed by atoms with E-state index in [1.54, 1.807) is 24.3 Å². The molecule has 1 aromatic carbocycles. The van der Waals surface area contributed by atoms with Gasteiger partial charge in [-0.05, 0) is 12.1 Å². The lowest BCUT2D eigenvalue weighted by atomic mass is 10.2. The normalized spacial score (nSPS) is 9.74. The van der Waals surface area contributed by atoms with Crippen molar-refractivity contribution in [3.8, 4) is 11.1 Å². The number of hydrogen-bond donors (Lipinski definition) is 1. The molecule has 0 radical (unpaired) electrons. The lowest BCUT2D eigenvalue weighted by Gasteiger charge is -2.06. The fraction of sp³-hybridized carbons (Fsp3) is 0. The van der Waals surface area contributed by atoms with E-state index in [0.717, 1.165) is 11.5 Å². The third-order valence-electron chi connectivity index (χ3n) is 2.04. The zero-order chi connectivity index (χ0) is 13.8. The number of nitrogens with zero attached hydrogens (tertiary/aromatic N) is 2. The van der Waals surface area contributed by atoms with Crippen LogP contribution in [0.15, 0.2) is 24.3 Å². The van der Waals surface area contributed by atoms with Gasteiger partial charge in [0.1, 0.15) is 11.1 Å². The Morgan fingerprint density at radius 3 is 2.79 bits per heavy atom. The summed E-state index contributed by atoms with van der Waals surface area (Å²) in [6.45, 7) is 0. The van der Waals surface area contributed by atoms with E-state index >= 15 is 0 Å². The molecule has 0 aliphatic heterocycles. The van der Waals surface area contributed by atoms with E-state index in [0.29, 0.717) is 11.3 Å². The maximum atomic E-state index is 11.6. The molecule has 0 aliphatic rings. The molecule has 0 spiro atoms. The predicted molar refractivity (Wildman–Crippen MR) is 72.9 cm³/mol. The summed E-state index contributed by atoms with van der Waals surface area (Å²) in [5.41, 5.74) is 0.676. The first-order chi connectivity index (χ1) is 9.11. The third-order valence-corrected chi connectivity index (χ3v) is 3.70. The Kier molecular flexibility index (Phi) is 4.22. The van der Waals surface area contributed by atoms with Crippen molar-refractivity contribution in [3.05, 3.63) is 40.0 Å². The summed E-state index contributed by atoms with van der Waals surface area (Å²) in [4.78, 5) is 11.6. The summed E-state index contributed by atoms with van der Waals surface area (Å²) >= 11 is 12.3. The molecule has 5 nitrogen and oxygen atoms in total. The van der Waals surface area contributed by atoms with Gasteiger partial charge < -0.3 is 4.74 Å². The highest BCUT2D eigenvalue weighted by molar-refractivity contribution is 7.09. The molecule has 1 aromatic heterocycles. The molecule has 0 bridgehead atoms. The van der Waals surface area contributed by atoms with E-state index in [2.05, 4.69) is 9.69 Å². The minimum Gasteiger partial charge on any atom is -0.396 e. The monoisotopic (exact) mass is 313 g/mol. The molecule has 2 aromatic rings. The molecular weight excluding hydrogens is 309 g/mol. The van der Waals surface area contributed by atoms with Crippen molar-refractivity contribution >= 4 is 46.5 Å². The summed E-state index contributed by atoms with van der Waals surface area (Å²) in [6.07, 6.45) is -0.773. The number of aromatic nitrogens is 1. The van der Waals surface area contributed by atoms with Crippen molar-refractivity contribution in [1.29, 1.82) is 5.26 Å². The molecule has 96 valence electrons. The fourth-order valence-electron chi connectivity index (χ4n) is 1.22. The van der Waals surface area contributed by atoms with E-state index < -0.39 is 6.09 Å². The van der Waals surface area contributed by atoms with Crippen molar-refractivity contribution in [2.75, 3.05) is 5.32 Å². The van der Waals surface area contributed by atoms with Gasteiger partial charge in [0.05, 0.1) is 11.3 Å². The van der Waals surface area contributed by atoms with Gasteiger partial charge in [-0.3, -0.25) is 5.32 Å². The second kappa shape index (κ2) is 5.89. The Hall–Kier alpha value is -1.81. The van der Waals surface area contributed by atoms with Crippen LogP contribution in [0.2, 0.25) is 10.2 Å². The molecule has 8 heteroatoms. The van der Waals surface area contributed by atoms with Gasteiger partial charge in [0.2, 0.25) is 5.06 Å². The number of carbonyl (C=O) groups excluding carboxylic acids is 1. The maximum Gasteiger partial charge on any atom is 0.418 e. The Morgan fingerprint density at radius 2 is 2.16 bits per heavy atom. The van der Waals surface area contributed by atoms with Gasteiger partial charge in [-0.25, -0.2) is 4.79 Å². The number of amides is 1. The lowest BCUT2D eigenvalue weighted by molar-refractivity contribution is 0.216. The smallest absolute Gasteiger partial charge is 0.396 e. The van der Waals surface area contributed by atoms with E-state index in [1.165, 1.54) is 0 Å². The predicted octanol–water partition coefficient (Wildman–Crippen LogP) is 3.93. The Morgan fingerprint density at radius 1 is 1.42 bits per heavy atom. The SMILES string of the molecule is N#Cc1ccccc1NC(=O)Oc1snc(Cl)c1Cl. The molecule has 0 saturated carbocycles. The quantitative estimate of drug-likeness (QED) is 0.911. The minimum atomic E-state index is -0.773. The van der Waals surface area contributed by atoms with Crippen LogP contribution in [0.5, 0.6) is 5.06 Å². The highest BCUT2D eigenvalue weighted by atomic mass is 35.5. The van der Waals surface area contributed by atoms with Crippen molar-refractivity contribution in [1.82, 2.24) is 4.37 Å². The minimum absolute atomic E-state index is 0.0758. The number of halogens is 2. The first kappa shape index (κ1) is 13.6. The number of nitriles is 1. The topological polar surface area (TPSA) is 75.0 Å². The molecule has 1 heterocycles. The largest absolute Gasteiger partial charge is 0.418 e. The third kappa shape index (κ3) is 3.15. The molecule has 0 unspecified atom stereocenters. The summed E-state index contributed by atoms with van der Waals surface area (Å²) in [6, 6.07) is 8.49. The summed E-state index contributed by atoms with van der Waals surface area (Å²) in [7, 11) is 0. The van der Waals surface area contributed by atoms with Crippen LogP contribution >= 0.6 is 34.7 Å². The van der Waals surface area contributed by atoms with Crippen LogP contribution in [0.3, 0.4) is 0 Å². The molecular formula is C11H5Cl2N3O2S. The number of ether oxygens (including phenoxy) is 1. The van der Waals surface area contributed by atoms with Gasteiger partial charge in [0.25, 0.3) is 0 Å². The van der Waals surface area contributed by atoms with Crippen LogP contribution in [-0.2, 0) is 0 Å². The number of nitrogens with one attached hydrogen (secondary N) is 1.